The Labute approximate surface area is 173 Å². The van der Waals surface area contributed by atoms with E-state index in [9.17, 15) is 4.79 Å². The molecule has 1 saturated heterocycles. The first kappa shape index (κ1) is 19.5. The number of nitrogens with one attached hydrogen (secondary N) is 2. The molecule has 2 N–H and O–H groups in total. The summed E-state index contributed by atoms with van der Waals surface area (Å²) in [6.45, 7) is 2.89. The number of amides is 2. The molecule has 1 aliphatic rings. The molecule has 2 amide bonds. The molecular formula is C20H23ClN6O2. The first-order valence-corrected chi connectivity index (χ1v) is 9.95. The monoisotopic (exact) mass is 414 g/mol. The molecule has 1 aromatic carbocycles. The fourth-order valence-electron chi connectivity index (χ4n) is 3.33. The lowest BCUT2D eigenvalue weighted by atomic mass is 10.1. The molecule has 3 heterocycles. The Hall–Kier alpha value is -2.84. The van der Waals surface area contributed by atoms with Gasteiger partial charge in [0.2, 0.25) is 5.78 Å². The number of hydrogen-bond acceptors (Lipinski definition) is 5. The molecule has 152 valence electrons. The third-order valence-electron chi connectivity index (χ3n) is 4.83. The second-order valence-electron chi connectivity index (χ2n) is 6.91. The van der Waals surface area contributed by atoms with Crippen LogP contribution in [0.3, 0.4) is 0 Å². The van der Waals surface area contributed by atoms with E-state index in [1.807, 2.05) is 27.8 Å². The molecule has 0 radical (unpaired) electrons. The van der Waals surface area contributed by atoms with Crippen molar-refractivity contribution >= 4 is 34.8 Å². The molecule has 0 spiro atoms. The summed E-state index contributed by atoms with van der Waals surface area (Å²) in [5.74, 6) is 0.569. The molecule has 2 aromatic heterocycles. The zero-order valence-electron chi connectivity index (χ0n) is 16.2. The summed E-state index contributed by atoms with van der Waals surface area (Å²) >= 11 is 6.42. The number of imidazole rings is 1. The van der Waals surface area contributed by atoms with Crippen molar-refractivity contribution in [2.45, 2.75) is 12.8 Å². The quantitative estimate of drug-likeness (QED) is 0.600. The van der Waals surface area contributed by atoms with Crippen LogP contribution in [0, 0.1) is 0 Å². The van der Waals surface area contributed by atoms with Crippen molar-refractivity contribution in [3.8, 4) is 11.3 Å². The summed E-state index contributed by atoms with van der Waals surface area (Å²) in [7, 11) is 1.66. The number of fused-ring (bicyclic) bond motifs is 1. The molecule has 0 saturated carbocycles. The highest BCUT2D eigenvalue weighted by molar-refractivity contribution is 6.33. The highest BCUT2D eigenvalue weighted by Gasteiger charge is 2.18. The Morgan fingerprint density at radius 3 is 2.86 bits per heavy atom. The predicted octanol–water partition coefficient (Wildman–Crippen LogP) is 3.74. The highest BCUT2D eigenvalue weighted by atomic mass is 35.5. The normalized spacial score (nSPS) is 13.8. The van der Waals surface area contributed by atoms with Gasteiger partial charge in [0.15, 0.2) is 0 Å². The minimum absolute atomic E-state index is 0.0841. The van der Waals surface area contributed by atoms with E-state index in [2.05, 4.69) is 20.6 Å². The average molecular weight is 415 g/mol. The Morgan fingerprint density at radius 1 is 1.24 bits per heavy atom. The SMILES string of the molecule is COCCNc1cnc2nc(-c3cc(NC(=O)N4CCCC4)ccc3Cl)cn2c1. The molecule has 3 aromatic rings. The molecule has 8 nitrogen and oxygen atoms in total. The number of rotatable bonds is 6. The first-order chi connectivity index (χ1) is 14.1. The maximum absolute atomic E-state index is 12.4. The number of carbonyl (C=O) groups is 1. The number of anilines is 2. The number of methoxy groups -OCH3 is 1. The minimum Gasteiger partial charge on any atom is -0.383 e. The van der Waals surface area contributed by atoms with Gasteiger partial charge in [-0.3, -0.25) is 4.40 Å². The lowest BCUT2D eigenvalue weighted by Crippen LogP contribution is -2.32. The minimum atomic E-state index is -0.0841. The van der Waals surface area contributed by atoms with E-state index in [0.29, 0.717) is 35.3 Å². The van der Waals surface area contributed by atoms with Crippen molar-refractivity contribution in [3.63, 3.8) is 0 Å². The van der Waals surface area contributed by atoms with E-state index < -0.39 is 0 Å². The van der Waals surface area contributed by atoms with Crippen LogP contribution < -0.4 is 10.6 Å². The van der Waals surface area contributed by atoms with Crippen LogP contribution in [-0.4, -0.2) is 58.7 Å². The number of carbonyl (C=O) groups excluding carboxylic acids is 1. The van der Waals surface area contributed by atoms with Crippen LogP contribution in [0.15, 0.2) is 36.8 Å². The van der Waals surface area contributed by atoms with Gasteiger partial charge in [-0.1, -0.05) is 11.6 Å². The lowest BCUT2D eigenvalue weighted by molar-refractivity contribution is 0.211. The average Bonchev–Trinajstić information content (AvgIpc) is 3.39. The van der Waals surface area contributed by atoms with E-state index in [0.717, 1.165) is 37.2 Å². The summed E-state index contributed by atoms with van der Waals surface area (Å²) in [5.41, 5.74) is 2.99. The number of ether oxygens (including phenoxy) is 1. The predicted molar refractivity (Wildman–Crippen MR) is 114 cm³/mol. The van der Waals surface area contributed by atoms with Crippen LogP contribution in [0.2, 0.25) is 5.02 Å². The number of hydrogen-bond donors (Lipinski definition) is 2. The molecule has 0 unspecified atom stereocenters. The number of likely N-dealkylation sites (tertiary alicyclic amines) is 1. The van der Waals surface area contributed by atoms with E-state index in [-0.39, 0.29) is 6.03 Å². The Balaban J connectivity index is 1.56. The molecule has 9 heteroatoms. The molecule has 1 fully saturated rings. The molecule has 0 aliphatic carbocycles. The number of halogens is 1. The number of aromatic nitrogens is 3. The number of urea groups is 1. The smallest absolute Gasteiger partial charge is 0.321 e. The largest absolute Gasteiger partial charge is 0.383 e. The van der Waals surface area contributed by atoms with Crippen LogP contribution in [0.4, 0.5) is 16.2 Å². The first-order valence-electron chi connectivity index (χ1n) is 9.57. The lowest BCUT2D eigenvalue weighted by Gasteiger charge is -2.16. The van der Waals surface area contributed by atoms with Crippen molar-refractivity contribution in [1.29, 1.82) is 0 Å². The van der Waals surface area contributed by atoms with Crippen molar-refractivity contribution in [3.05, 3.63) is 41.8 Å². The van der Waals surface area contributed by atoms with Gasteiger partial charge in [0.05, 0.1) is 29.2 Å². The molecule has 4 rings (SSSR count). The third-order valence-corrected chi connectivity index (χ3v) is 5.16. The van der Waals surface area contributed by atoms with Crippen LogP contribution in [-0.2, 0) is 4.74 Å². The van der Waals surface area contributed by atoms with Crippen molar-refractivity contribution in [2.75, 3.05) is 44.0 Å². The maximum Gasteiger partial charge on any atom is 0.321 e. The van der Waals surface area contributed by atoms with Crippen LogP contribution in [0.25, 0.3) is 17.0 Å². The fraction of sp³-hybridized carbons (Fsp3) is 0.350. The van der Waals surface area contributed by atoms with Crippen LogP contribution >= 0.6 is 11.6 Å². The van der Waals surface area contributed by atoms with E-state index in [1.165, 1.54) is 0 Å². The topological polar surface area (TPSA) is 83.8 Å². The standard InChI is InChI=1S/C20H23ClN6O2/c1-29-9-6-22-15-11-23-19-25-18(13-27(19)12-15)16-10-14(4-5-17(16)21)24-20(28)26-7-2-3-8-26/h4-5,10-13,22H,2-3,6-9H2,1H3,(H,24,28). The Bertz CT molecular complexity index is 1020. The summed E-state index contributed by atoms with van der Waals surface area (Å²) in [6, 6.07) is 5.33. The van der Waals surface area contributed by atoms with Gasteiger partial charge in [0, 0.05) is 50.4 Å². The van der Waals surface area contributed by atoms with Gasteiger partial charge in [-0.25, -0.2) is 14.8 Å². The van der Waals surface area contributed by atoms with Crippen molar-refractivity contribution in [2.24, 2.45) is 0 Å². The molecule has 29 heavy (non-hydrogen) atoms. The molecule has 0 bridgehead atoms. The second kappa shape index (κ2) is 8.67. The van der Waals surface area contributed by atoms with Crippen LogP contribution in [0.5, 0.6) is 0 Å². The van der Waals surface area contributed by atoms with Gasteiger partial charge in [-0.15, -0.1) is 0 Å². The maximum atomic E-state index is 12.4. The summed E-state index contributed by atoms with van der Waals surface area (Å²) in [6.07, 6.45) is 7.63. The number of nitrogens with zero attached hydrogens (tertiary/aromatic N) is 4. The zero-order chi connectivity index (χ0) is 20.2. The number of benzene rings is 1. The van der Waals surface area contributed by atoms with Gasteiger partial charge in [0.25, 0.3) is 0 Å². The van der Waals surface area contributed by atoms with E-state index >= 15 is 0 Å². The Morgan fingerprint density at radius 2 is 2.07 bits per heavy atom. The molecular weight excluding hydrogens is 392 g/mol. The van der Waals surface area contributed by atoms with Crippen molar-refractivity contribution in [1.82, 2.24) is 19.3 Å². The van der Waals surface area contributed by atoms with E-state index in [4.69, 9.17) is 16.3 Å². The molecule has 1 aliphatic heterocycles. The van der Waals surface area contributed by atoms with Gasteiger partial charge in [-0.2, -0.15) is 0 Å². The van der Waals surface area contributed by atoms with Gasteiger partial charge in [-0.05, 0) is 31.0 Å². The third kappa shape index (κ3) is 4.44. The van der Waals surface area contributed by atoms with Crippen molar-refractivity contribution < 1.29 is 9.53 Å². The highest BCUT2D eigenvalue weighted by Crippen LogP contribution is 2.30. The Kier molecular flexibility index (Phi) is 5.82. The fourth-order valence-corrected chi connectivity index (χ4v) is 3.54. The second-order valence-corrected chi connectivity index (χ2v) is 7.32. The van der Waals surface area contributed by atoms with Gasteiger partial charge < -0.3 is 20.3 Å². The zero-order valence-corrected chi connectivity index (χ0v) is 16.9. The van der Waals surface area contributed by atoms with Gasteiger partial charge in [0.1, 0.15) is 0 Å². The van der Waals surface area contributed by atoms with Crippen LogP contribution in [0.1, 0.15) is 12.8 Å². The molecule has 0 atom stereocenters. The summed E-state index contributed by atoms with van der Waals surface area (Å²) in [5, 5.41) is 6.75. The summed E-state index contributed by atoms with van der Waals surface area (Å²) < 4.78 is 6.89. The van der Waals surface area contributed by atoms with E-state index in [1.54, 1.807) is 25.4 Å². The van der Waals surface area contributed by atoms with Gasteiger partial charge >= 0.3 is 6.03 Å². The summed E-state index contributed by atoms with van der Waals surface area (Å²) in [4.78, 5) is 23.1.